The summed E-state index contributed by atoms with van der Waals surface area (Å²) in [6, 6.07) is 2.64. The Morgan fingerprint density at radius 2 is 2.41 bits per heavy atom. The maximum absolute atomic E-state index is 5.79. The van der Waals surface area contributed by atoms with Gasteiger partial charge in [0.2, 0.25) is 0 Å². The number of ether oxygens (including phenoxy) is 1. The molecule has 1 aromatic rings. The summed E-state index contributed by atoms with van der Waals surface area (Å²) >= 11 is 0. The average Bonchev–Trinajstić information content (AvgIpc) is 2.86. The van der Waals surface area contributed by atoms with Crippen molar-refractivity contribution in [1.82, 2.24) is 15.1 Å². The van der Waals surface area contributed by atoms with Crippen molar-refractivity contribution in [3.05, 3.63) is 18.0 Å². The minimum absolute atomic E-state index is 0.260. The topological polar surface area (TPSA) is 39.1 Å². The first-order valence-corrected chi connectivity index (χ1v) is 6.42. The summed E-state index contributed by atoms with van der Waals surface area (Å²) in [5.74, 6) is 0.703. The zero-order valence-corrected chi connectivity index (χ0v) is 10.8. The van der Waals surface area contributed by atoms with Crippen LogP contribution in [0.15, 0.2) is 12.3 Å². The van der Waals surface area contributed by atoms with Gasteiger partial charge in [0, 0.05) is 43.8 Å². The fourth-order valence-electron chi connectivity index (χ4n) is 3.51. The molecule has 0 bridgehead atoms. The van der Waals surface area contributed by atoms with Crippen LogP contribution in [-0.4, -0.2) is 28.5 Å². The van der Waals surface area contributed by atoms with Crippen LogP contribution >= 0.6 is 0 Å². The molecule has 3 unspecified atom stereocenters. The predicted octanol–water partition coefficient (Wildman–Crippen LogP) is 1.32. The highest BCUT2D eigenvalue weighted by atomic mass is 16.5. The molecule has 2 heterocycles. The number of rotatable bonds is 3. The molecule has 2 fully saturated rings. The largest absolute Gasteiger partial charge is 0.377 e. The van der Waals surface area contributed by atoms with Gasteiger partial charge in [0.05, 0.1) is 11.8 Å². The Labute approximate surface area is 102 Å². The smallest absolute Gasteiger partial charge is 0.0762 e. The molecular formula is C13H21N3O. The minimum Gasteiger partial charge on any atom is -0.377 e. The number of hydrogen-bond acceptors (Lipinski definition) is 3. The van der Waals surface area contributed by atoms with Crippen molar-refractivity contribution in [2.75, 3.05) is 6.61 Å². The second-order valence-electron chi connectivity index (χ2n) is 5.90. The number of hydrogen-bond donors (Lipinski definition) is 1. The maximum Gasteiger partial charge on any atom is 0.0762 e. The summed E-state index contributed by atoms with van der Waals surface area (Å²) in [4.78, 5) is 0. The monoisotopic (exact) mass is 235 g/mol. The van der Waals surface area contributed by atoms with Crippen LogP contribution in [-0.2, 0) is 18.3 Å². The molecule has 4 heteroatoms. The highest BCUT2D eigenvalue weighted by molar-refractivity contribution is 5.12. The molecule has 1 saturated carbocycles. The third kappa shape index (κ3) is 1.70. The summed E-state index contributed by atoms with van der Waals surface area (Å²) < 4.78 is 7.65. The van der Waals surface area contributed by atoms with E-state index in [1.165, 1.54) is 6.42 Å². The van der Waals surface area contributed by atoms with Crippen LogP contribution < -0.4 is 5.32 Å². The molecule has 94 valence electrons. The van der Waals surface area contributed by atoms with Gasteiger partial charge in [0.1, 0.15) is 0 Å². The van der Waals surface area contributed by atoms with E-state index in [4.69, 9.17) is 4.74 Å². The molecule has 1 N–H and O–H groups in total. The van der Waals surface area contributed by atoms with Crippen molar-refractivity contribution in [1.29, 1.82) is 0 Å². The second-order valence-corrected chi connectivity index (χ2v) is 5.90. The number of nitrogens with zero attached hydrogens (tertiary/aromatic N) is 2. The lowest BCUT2D eigenvalue weighted by Gasteiger charge is -2.54. The number of nitrogens with one attached hydrogen (secondary N) is 1. The molecular weight excluding hydrogens is 214 g/mol. The molecule has 0 amide bonds. The van der Waals surface area contributed by atoms with Crippen LogP contribution in [0.1, 0.15) is 26.0 Å². The van der Waals surface area contributed by atoms with Crippen LogP contribution in [0.2, 0.25) is 0 Å². The number of fused-ring (bicyclic) bond motifs is 1. The molecule has 0 radical (unpaired) electrons. The van der Waals surface area contributed by atoms with Crippen LogP contribution in [0.5, 0.6) is 0 Å². The Hall–Kier alpha value is -0.870. The van der Waals surface area contributed by atoms with Gasteiger partial charge in [-0.3, -0.25) is 4.68 Å². The number of aryl methyl sites for hydroxylation is 1. The Kier molecular flexibility index (Phi) is 2.52. The van der Waals surface area contributed by atoms with Gasteiger partial charge in [-0.15, -0.1) is 0 Å². The van der Waals surface area contributed by atoms with Crippen molar-refractivity contribution in [2.45, 2.75) is 39.0 Å². The Morgan fingerprint density at radius 3 is 3.12 bits per heavy atom. The van der Waals surface area contributed by atoms with Gasteiger partial charge >= 0.3 is 0 Å². The lowest BCUT2D eigenvalue weighted by molar-refractivity contribution is -0.113. The number of aromatic nitrogens is 2. The predicted molar refractivity (Wildman–Crippen MR) is 65.5 cm³/mol. The lowest BCUT2D eigenvalue weighted by atomic mass is 9.57. The second kappa shape index (κ2) is 3.82. The van der Waals surface area contributed by atoms with Gasteiger partial charge < -0.3 is 10.1 Å². The minimum atomic E-state index is 0.260. The van der Waals surface area contributed by atoms with E-state index in [9.17, 15) is 0 Å². The lowest BCUT2D eigenvalue weighted by Crippen LogP contribution is -2.65. The summed E-state index contributed by atoms with van der Waals surface area (Å²) in [5.41, 5.74) is 1.38. The van der Waals surface area contributed by atoms with Gasteiger partial charge in [-0.2, -0.15) is 5.10 Å². The van der Waals surface area contributed by atoms with E-state index in [0.717, 1.165) is 18.8 Å². The van der Waals surface area contributed by atoms with Crippen LogP contribution in [0, 0.1) is 11.3 Å². The first-order chi connectivity index (χ1) is 8.09. The van der Waals surface area contributed by atoms with Crippen molar-refractivity contribution in [3.63, 3.8) is 0 Å². The summed E-state index contributed by atoms with van der Waals surface area (Å²) in [5, 5.41) is 8.05. The summed E-state index contributed by atoms with van der Waals surface area (Å²) in [7, 11) is 1.96. The Balaban J connectivity index is 1.62. The molecule has 4 nitrogen and oxygen atoms in total. The van der Waals surface area contributed by atoms with Gasteiger partial charge in [-0.1, -0.05) is 13.8 Å². The Morgan fingerprint density at radius 1 is 1.59 bits per heavy atom. The van der Waals surface area contributed by atoms with Gasteiger partial charge in [0.15, 0.2) is 0 Å². The third-order valence-electron chi connectivity index (χ3n) is 4.37. The van der Waals surface area contributed by atoms with Gasteiger partial charge in [-0.05, 0) is 12.5 Å². The van der Waals surface area contributed by atoms with Gasteiger partial charge in [-0.25, -0.2) is 0 Å². The van der Waals surface area contributed by atoms with E-state index >= 15 is 0 Å². The van der Waals surface area contributed by atoms with Crippen molar-refractivity contribution in [3.8, 4) is 0 Å². The fraction of sp³-hybridized carbons (Fsp3) is 0.769. The van der Waals surface area contributed by atoms with E-state index in [0.29, 0.717) is 18.1 Å². The normalized spacial score (nSPS) is 34.4. The van der Waals surface area contributed by atoms with Gasteiger partial charge in [0.25, 0.3) is 0 Å². The maximum atomic E-state index is 5.79. The molecule has 17 heavy (non-hydrogen) atoms. The SMILES string of the molecule is Cn1ccc(CNC2C3CCOC3C2(C)C)n1. The summed E-state index contributed by atoms with van der Waals surface area (Å²) in [6.07, 6.45) is 3.65. The van der Waals surface area contributed by atoms with E-state index in [2.05, 4.69) is 30.3 Å². The zero-order valence-electron chi connectivity index (χ0n) is 10.8. The van der Waals surface area contributed by atoms with Crippen molar-refractivity contribution in [2.24, 2.45) is 18.4 Å². The fourth-order valence-corrected chi connectivity index (χ4v) is 3.51. The average molecular weight is 235 g/mol. The molecule has 1 aliphatic carbocycles. The van der Waals surface area contributed by atoms with Crippen molar-refractivity contribution >= 4 is 0 Å². The highest BCUT2D eigenvalue weighted by Gasteiger charge is 2.58. The van der Waals surface area contributed by atoms with E-state index in [1.807, 2.05) is 17.9 Å². The molecule has 1 aliphatic heterocycles. The molecule has 1 aromatic heterocycles. The van der Waals surface area contributed by atoms with E-state index in [1.54, 1.807) is 0 Å². The molecule has 0 aromatic carbocycles. The van der Waals surface area contributed by atoms with Crippen LogP contribution in [0.3, 0.4) is 0 Å². The molecule has 1 saturated heterocycles. The standard InChI is InChI=1S/C13H21N3O/c1-13(2)11(10-5-7-17-12(10)13)14-8-9-4-6-16(3)15-9/h4,6,10-12,14H,5,7-8H2,1-3H3. The quantitative estimate of drug-likeness (QED) is 0.859. The third-order valence-corrected chi connectivity index (χ3v) is 4.37. The highest BCUT2D eigenvalue weighted by Crippen LogP contribution is 2.52. The first-order valence-electron chi connectivity index (χ1n) is 6.42. The molecule has 3 rings (SSSR count). The van der Waals surface area contributed by atoms with Crippen LogP contribution in [0.25, 0.3) is 0 Å². The van der Waals surface area contributed by atoms with Crippen molar-refractivity contribution < 1.29 is 4.74 Å². The Bertz CT molecular complexity index is 413. The zero-order chi connectivity index (χ0) is 12.0. The molecule has 3 atom stereocenters. The first kappa shape index (κ1) is 11.2. The van der Waals surface area contributed by atoms with E-state index < -0.39 is 0 Å². The molecule has 2 aliphatic rings. The van der Waals surface area contributed by atoms with Crippen LogP contribution in [0.4, 0.5) is 0 Å². The summed E-state index contributed by atoms with van der Waals surface area (Å²) in [6.45, 7) is 6.39. The van der Waals surface area contributed by atoms with E-state index in [-0.39, 0.29) is 5.41 Å². The molecule has 0 spiro atoms.